The molecule has 214 valence electrons. The molecular weight excluding hydrogens is 479 g/mol. The van der Waals surface area contributed by atoms with Crippen molar-refractivity contribution in [2.45, 2.75) is 116 Å². The van der Waals surface area contributed by atoms with Crippen molar-refractivity contribution in [3.05, 3.63) is 12.2 Å². The van der Waals surface area contributed by atoms with E-state index in [4.69, 9.17) is 9.05 Å². The molecule has 8 nitrogen and oxygen atoms in total. The number of aliphatic hydroxyl groups is 1. The summed E-state index contributed by atoms with van der Waals surface area (Å²) in [5, 5.41) is 13.4. The van der Waals surface area contributed by atoms with Crippen molar-refractivity contribution >= 4 is 13.7 Å². The molecule has 0 aliphatic heterocycles. The fraction of sp³-hybridized carbons (Fsp3) is 0.889. The van der Waals surface area contributed by atoms with Gasteiger partial charge in [0, 0.05) is 6.42 Å². The fourth-order valence-electron chi connectivity index (χ4n) is 3.60. The number of hydrogen-bond acceptors (Lipinski definition) is 6. The Hall–Kier alpha value is -0.760. The van der Waals surface area contributed by atoms with E-state index in [2.05, 4.69) is 31.3 Å². The molecule has 0 radical (unpaired) electrons. The van der Waals surface area contributed by atoms with Crippen LogP contribution in [0, 0.1) is 0 Å². The Labute approximate surface area is 221 Å². The van der Waals surface area contributed by atoms with Crippen molar-refractivity contribution in [2.24, 2.45) is 0 Å². The molecule has 0 fully saturated rings. The predicted octanol–water partition coefficient (Wildman–Crippen LogP) is 5.10. The molecule has 0 aromatic heterocycles. The first-order chi connectivity index (χ1) is 17.0. The van der Waals surface area contributed by atoms with E-state index in [1.807, 2.05) is 21.1 Å². The summed E-state index contributed by atoms with van der Waals surface area (Å²) in [4.78, 5) is 24.6. The lowest BCUT2D eigenvalue weighted by Gasteiger charge is -2.30. The molecule has 9 heteroatoms. The minimum Gasteiger partial charge on any atom is -0.756 e. The number of unbranched alkanes of at least 4 members (excludes halogenated alkanes) is 9. The van der Waals surface area contributed by atoms with Crippen molar-refractivity contribution in [3.63, 3.8) is 0 Å². The Balaban J connectivity index is 4.43. The average Bonchev–Trinajstić information content (AvgIpc) is 2.79. The first kappa shape index (κ1) is 35.2. The summed E-state index contributed by atoms with van der Waals surface area (Å²) < 4.78 is 22.7. The molecule has 1 amide bonds. The maximum atomic E-state index is 12.5. The minimum absolute atomic E-state index is 0.00943. The summed E-state index contributed by atoms with van der Waals surface area (Å²) in [7, 11) is 1.28. The molecule has 0 spiro atoms. The number of phosphoric acid groups is 1. The van der Waals surface area contributed by atoms with Gasteiger partial charge in [-0.05, 0) is 32.1 Å². The summed E-state index contributed by atoms with van der Waals surface area (Å²) in [5.41, 5.74) is 0. The van der Waals surface area contributed by atoms with Gasteiger partial charge >= 0.3 is 0 Å². The van der Waals surface area contributed by atoms with E-state index >= 15 is 0 Å². The summed E-state index contributed by atoms with van der Waals surface area (Å²) in [6.07, 6.45) is 17.2. The zero-order chi connectivity index (χ0) is 27.3. The normalized spacial score (nSPS) is 15.6. The quantitative estimate of drug-likeness (QED) is 0.0772. The molecule has 0 aliphatic carbocycles. The van der Waals surface area contributed by atoms with Crippen LogP contribution in [0.2, 0.25) is 0 Å². The SMILES string of the molecule is CCCC/C=C\CCCCCCCC(=O)NC(COP(=O)([O-])OCC[N+](C)(C)C)C(O)CCCCC. The van der Waals surface area contributed by atoms with Gasteiger partial charge in [-0.3, -0.25) is 9.36 Å². The van der Waals surface area contributed by atoms with Crippen molar-refractivity contribution in [2.75, 3.05) is 40.9 Å². The molecule has 0 aliphatic rings. The molecule has 0 saturated heterocycles. The van der Waals surface area contributed by atoms with Gasteiger partial charge in [0.25, 0.3) is 7.82 Å². The second-order valence-corrected chi connectivity index (χ2v) is 12.2. The second-order valence-electron chi connectivity index (χ2n) is 10.7. The highest BCUT2D eigenvalue weighted by molar-refractivity contribution is 7.45. The van der Waals surface area contributed by atoms with Gasteiger partial charge in [-0.25, -0.2) is 0 Å². The molecule has 0 saturated carbocycles. The Kier molecular flexibility index (Phi) is 20.8. The van der Waals surface area contributed by atoms with Gasteiger partial charge < -0.3 is 28.8 Å². The zero-order valence-electron chi connectivity index (χ0n) is 23.7. The standard InChI is InChI=1S/C27H55N2O6P/c1-6-8-10-11-12-13-14-15-16-17-19-21-27(31)28-25(26(30)20-18-9-7-2)24-35-36(32,33)34-23-22-29(3,4)5/h11-12,25-26,30H,6-10,13-24H2,1-5H3,(H-,28,31,32,33)/b12-11-. The zero-order valence-corrected chi connectivity index (χ0v) is 24.6. The topological polar surface area (TPSA) is 108 Å². The van der Waals surface area contributed by atoms with Gasteiger partial charge in [0.15, 0.2) is 0 Å². The van der Waals surface area contributed by atoms with Crippen LogP contribution in [0.15, 0.2) is 12.2 Å². The molecule has 0 aromatic carbocycles. The van der Waals surface area contributed by atoms with E-state index in [9.17, 15) is 19.4 Å². The fourth-order valence-corrected chi connectivity index (χ4v) is 4.33. The first-order valence-electron chi connectivity index (χ1n) is 14.0. The largest absolute Gasteiger partial charge is 0.756 e. The van der Waals surface area contributed by atoms with E-state index in [1.54, 1.807) is 0 Å². The predicted molar refractivity (Wildman–Crippen MR) is 145 cm³/mol. The number of likely N-dealkylation sites (N-methyl/N-ethyl adjacent to an activating group) is 1. The van der Waals surface area contributed by atoms with Crippen molar-refractivity contribution in [3.8, 4) is 0 Å². The van der Waals surface area contributed by atoms with Gasteiger partial charge in [-0.2, -0.15) is 0 Å². The molecule has 0 heterocycles. The van der Waals surface area contributed by atoms with E-state index < -0.39 is 20.0 Å². The van der Waals surface area contributed by atoms with Gasteiger partial charge in [-0.1, -0.05) is 77.4 Å². The molecule has 0 aromatic rings. The van der Waals surface area contributed by atoms with Gasteiger partial charge in [0.05, 0.1) is 39.9 Å². The number of rotatable bonds is 24. The number of amides is 1. The molecule has 36 heavy (non-hydrogen) atoms. The number of phosphoric ester groups is 1. The lowest BCUT2D eigenvalue weighted by molar-refractivity contribution is -0.870. The van der Waals surface area contributed by atoms with Crippen LogP contribution >= 0.6 is 7.82 Å². The van der Waals surface area contributed by atoms with E-state index in [1.165, 1.54) is 25.7 Å². The number of hydrogen-bond donors (Lipinski definition) is 2. The average molecular weight is 535 g/mol. The first-order valence-corrected chi connectivity index (χ1v) is 15.5. The minimum atomic E-state index is -4.52. The maximum Gasteiger partial charge on any atom is 0.268 e. The molecule has 3 unspecified atom stereocenters. The van der Waals surface area contributed by atoms with Crippen LogP contribution in [0.1, 0.15) is 104 Å². The Morgan fingerprint density at radius 2 is 1.56 bits per heavy atom. The number of aliphatic hydroxyl groups excluding tert-OH is 1. The van der Waals surface area contributed by atoms with Crippen LogP contribution in [-0.2, 0) is 18.4 Å². The van der Waals surface area contributed by atoms with Crippen LogP contribution in [0.5, 0.6) is 0 Å². The molecule has 0 rings (SSSR count). The Bertz CT molecular complexity index is 624. The molecule has 0 bridgehead atoms. The molecule has 3 atom stereocenters. The lowest BCUT2D eigenvalue weighted by atomic mass is 10.0. The van der Waals surface area contributed by atoms with Crippen LogP contribution in [-0.4, -0.2) is 68.5 Å². The van der Waals surface area contributed by atoms with E-state index in [-0.39, 0.29) is 19.1 Å². The van der Waals surface area contributed by atoms with Crippen LogP contribution in [0.4, 0.5) is 0 Å². The van der Waals surface area contributed by atoms with Gasteiger partial charge in [0.2, 0.25) is 5.91 Å². The van der Waals surface area contributed by atoms with Crippen molar-refractivity contribution in [1.29, 1.82) is 0 Å². The van der Waals surface area contributed by atoms with Gasteiger partial charge in [-0.15, -0.1) is 0 Å². The number of carbonyl (C=O) groups is 1. The van der Waals surface area contributed by atoms with E-state index in [0.29, 0.717) is 23.9 Å². The monoisotopic (exact) mass is 534 g/mol. The third kappa shape index (κ3) is 22.4. The van der Waals surface area contributed by atoms with Crippen LogP contribution in [0.25, 0.3) is 0 Å². The number of quaternary nitrogens is 1. The van der Waals surface area contributed by atoms with E-state index in [0.717, 1.165) is 51.4 Å². The summed E-state index contributed by atoms with van der Waals surface area (Å²) in [6, 6.07) is -0.793. The van der Waals surface area contributed by atoms with Crippen LogP contribution in [0.3, 0.4) is 0 Å². The van der Waals surface area contributed by atoms with Gasteiger partial charge in [0.1, 0.15) is 13.2 Å². The number of nitrogens with zero attached hydrogens (tertiary/aromatic N) is 1. The summed E-state index contributed by atoms with van der Waals surface area (Å²) >= 11 is 0. The summed E-state index contributed by atoms with van der Waals surface area (Å²) in [6.45, 7) is 4.45. The third-order valence-corrected chi connectivity index (χ3v) is 6.97. The van der Waals surface area contributed by atoms with Crippen molar-refractivity contribution < 1.29 is 32.9 Å². The number of nitrogens with one attached hydrogen (secondary N) is 1. The second kappa shape index (κ2) is 21.2. The number of carbonyl (C=O) groups excluding carboxylic acids is 1. The van der Waals surface area contributed by atoms with Crippen LogP contribution < -0.4 is 10.2 Å². The maximum absolute atomic E-state index is 12.5. The smallest absolute Gasteiger partial charge is 0.268 e. The molecule has 2 N–H and O–H groups in total. The number of allylic oxidation sites excluding steroid dienone is 2. The molecular formula is C27H55N2O6P. The highest BCUT2D eigenvalue weighted by Crippen LogP contribution is 2.38. The van der Waals surface area contributed by atoms with Crippen molar-refractivity contribution in [1.82, 2.24) is 5.32 Å². The third-order valence-electron chi connectivity index (χ3n) is 6.00. The lowest BCUT2D eigenvalue weighted by Crippen LogP contribution is -2.46. The Morgan fingerprint density at radius 3 is 2.19 bits per heavy atom. The summed E-state index contributed by atoms with van der Waals surface area (Å²) in [5.74, 6) is -0.191. The Morgan fingerprint density at radius 1 is 0.944 bits per heavy atom. The highest BCUT2D eigenvalue weighted by Gasteiger charge is 2.24. The highest BCUT2D eigenvalue weighted by atomic mass is 31.2.